The predicted octanol–water partition coefficient (Wildman–Crippen LogP) is 5.16. The van der Waals surface area contributed by atoms with Gasteiger partial charge >= 0.3 is 0 Å². The number of carbonyl (C=O) groups is 1. The summed E-state index contributed by atoms with van der Waals surface area (Å²) in [4.78, 5) is 16.2. The van der Waals surface area contributed by atoms with Gasteiger partial charge in [0.2, 0.25) is 0 Å². The van der Waals surface area contributed by atoms with E-state index in [1.807, 2.05) is 13.0 Å². The van der Waals surface area contributed by atoms with Crippen LogP contribution in [0.25, 0.3) is 10.9 Å². The molecule has 0 saturated heterocycles. The molecular formula is C21H24N2O. The number of hydrogen-bond acceptors (Lipinski definition) is 1. The molecule has 1 aromatic heterocycles. The van der Waals surface area contributed by atoms with E-state index in [1.54, 1.807) is 0 Å². The van der Waals surface area contributed by atoms with Gasteiger partial charge in [0.25, 0.3) is 5.91 Å². The summed E-state index contributed by atoms with van der Waals surface area (Å²) in [6, 6.07) is 12.4. The quantitative estimate of drug-likeness (QED) is 0.685. The molecule has 3 aromatic rings. The number of nitrogens with one attached hydrogen (secondary N) is 2. The van der Waals surface area contributed by atoms with E-state index in [9.17, 15) is 4.79 Å². The van der Waals surface area contributed by atoms with Gasteiger partial charge < -0.3 is 10.3 Å². The average Bonchev–Trinajstić information content (AvgIpc) is 2.91. The number of aromatic nitrogens is 1. The Bertz CT molecular complexity index is 883. The molecule has 0 aliphatic rings. The van der Waals surface area contributed by atoms with Gasteiger partial charge in [0.15, 0.2) is 0 Å². The fraction of sp³-hybridized carbons (Fsp3) is 0.286. The Morgan fingerprint density at radius 3 is 2.33 bits per heavy atom. The second kappa shape index (κ2) is 6.52. The second-order valence-electron chi connectivity index (χ2n) is 6.29. The van der Waals surface area contributed by atoms with Crippen LogP contribution in [0.1, 0.15) is 46.6 Å². The second-order valence-corrected chi connectivity index (χ2v) is 6.29. The first-order valence-electron chi connectivity index (χ1n) is 8.56. The number of hydrogen-bond donors (Lipinski definition) is 2. The van der Waals surface area contributed by atoms with Gasteiger partial charge in [-0.3, -0.25) is 4.79 Å². The number of benzene rings is 2. The van der Waals surface area contributed by atoms with Crippen molar-refractivity contribution in [2.45, 2.75) is 40.5 Å². The lowest BCUT2D eigenvalue weighted by Crippen LogP contribution is -2.16. The number of para-hydroxylation sites is 1. The zero-order valence-electron chi connectivity index (χ0n) is 14.8. The van der Waals surface area contributed by atoms with Crippen LogP contribution in [-0.4, -0.2) is 10.9 Å². The summed E-state index contributed by atoms with van der Waals surface area (Å²) < 4.78 is 0. The Labute approximate surface area is 143 Å². The van der Waals surface area contributed by atoms with Crippen molar-refractivity contribution >= 4 is 22.5 Å². The maximum atomic E-state index is 12.9. The monoisotopic (exact) mass is 320 g/mol. The molecule has 24 heavy (non-hydrogen) atoms. The van der Waals surface area contributed by atoms with Gasteiger partial charge in [-0.25, -0.2) is 0 Å². The van der Waals surface area contributed by atoms with E-state index in [1.165, 1.54) is 16.7 Å². The Morgan fingerprint density at radius 2 is 1.71 bits per heavy atom. The van der Waals surface area contributed by atoms with E-state index in [-0.39, 0.29) is 5.91 Å². The molecule has 2 aromatic carbocycles. The number of aryl methyl sites for hydroxylation is 4. The van der Waals surface area contributed by atoms with E-state index >= 15 is 0 Å². The van der Waals surface area contributed by atoms with Gasteiger partial charge in [0.05, 0.1) is 0 Å². The molecule has 0 spiro atoms. The minimum absolute atomic E-state index is 0.0723. The van der Waals surface area contributed by atoms with Gasteiger partial charge in [-0.15, -0.1) is 0 Å². The minimum atomic E-state index is -0.0723. The van der Waals surface area contributed by atoms with E-state index < -0.39 is 0 Å². The van der Waals surface area contributed by atoms with Crippen LogP contribution in [0.15, 0.2) is 36.4 Å². The molecule has 0 fully saturated rings. The fourth-order valence-corrected chi connectivity index (χ4v) is 3.25. The van der Waals surface area contributed by atoms with Gasteiger partial charge in [-0.1, -0.05) is 43.7 Å². The van der Waals surface area contributed by atoms with E-state index in [4.69, 9.17) is 0 Å². The average molecular weight is 320 g/mol. The van der Waals surface area contributed by atoms with Gasteiger partial charge in [-0.05, 0) is 55.5 Å². The lowest BCUT2D eigenvalue weighted by Gasteiger charge is -2.14. The van der Waals surface area contributed by atoms with Crippen molar-refractivity contribution in [3.8, 4) is 0 Å². The molecule has 0 radical (unpaired) electrons. The highest BCUT2D eigenvalue weighted by Crippen LogP contribution is 2.26. The topological polar surface area (TPSA) is 44.9 Å². The van der Waals surface area contributed by atoms with Crippen molar-refractivity contribution < 1.29 is 4.79 Å². The smallest absolute Gasteiger partial charge is 0.272 e. The Morgan fingerprint density at radius 1 is 1.04 bits per heavy atom. The third kappa shape index (κ3) is 2.82. The molecule has 0 aliphatic carbocycles. The molecule has 0 bridgehead atoms. The standard InChI is InChI=1S/C21H24N2O/c1-5-15-8-7-9-16(6-2)20(15)23-21(24)19-14(4)17-12-13(3)10-11-18(17)22-19/h7-12,22H,5-6H2,1-4H3,(H,23,24). The molecule has 1 amide bonds. The highest BCUT2D eigenvalue weighted by Gasteiger charge is 2.17. The normalized spacial score (nSPS) is 11.0. The molecule has 3 heteroatoms. The highest BCUT2D eigenvalue weighted by molar-refractivity contribution is 6.08. The van der Waals surface area contributed by atoms with Crippen LogP contribution in [0, 0.1) is 13.8 Å². The third-order valence-corrected chi connectivity index (χ3v) is 4.68. The summed E-state index contributed by atoms with van der Waals surface area (Å²) in [6.07, 6.45) is 1.79. The van der Waals surface area contributed by atoms with Gasteiger partial charge in [0.1, 0.15) is 5.69 Å². The Balaban J connectivity index is 2.01. The Kier molecular flexibility index (Phi) is 4.43. The molecule has 1 heterocycles. The lowest BCUT2D eigenvalue weighted by atomic mass is 10.0. The van der Waals surface area contributed by atoms with Crippen molar-refractivity contribution in [1.82, 2.24) is 4.98 Å². The van der Waals surface area contributed by atoms with Crippen molar-refractivity contribution in [3.05, 3.63) is 64.3 Å². The molecular weight excluding hydrogens is 296 g/mol. The van der Waals surface area contributed by atoms with Crippen LogP contribution >= 0.6 is 0 Å². The van der Waals surface area contributed by atoms with Gasteiger partial charge in [-0.2, -0.15) is 0 Å². The SMILES string of the molecule is CCc1cccc(CC)c1NC(=O)c1[nH]c2ccc(C)cc2c1C. The van der Waals surface area contributed by atoms with Crippen LogP contribution in [0.5, 0.6) is 0 Å². The third-order valence-electron chi connectivity index (χ3n) is 4.68. The number of anilines is 1. The van der Waals surface area contributed by atoms with Crippen LogP contribution in [0.4, 0.5) is 5.69 Å². The summed E-state index contributed by atoms with van der Waals surface area (Å²) in [7, 11) is 0. The molecule has 0 aliphatic heterocycles. The molecule has 0 unspecified atom stereocenters. The zero-order chi connectivity index (χ0) is 17.3. The largest absolute Gasteiger partial charge is 0.350 e. The zero-order valence-corrected chi connectivity index (χ0v) is 14.8. The molecule has 0 saturated carbocycles. The van der Waals surface area contributed by atoms with Crippen LogP contribution in [-0.2, 0) is 12.8 Å². The van der Waals surface area contributed by atoms with Crippen LogP contribution in [0.3, 0.4) is 0 Å². The summed E-state index contributed by atoms with van der Waals surface area (Å²) in [5.74, 6) is -0.0723. The maximum absolute atomic E-state index is 12.9. The van der Waals surface area contributed by atoms with Crippen molar-refractivity contribution in [2.75, 3.05) is 5.32 Å². The maximum Gasteiger partial charge on any atom is 0.272 e. The summed E-state index contributed by atoms with van der Waals surface area (Å²) >= 11 is 0. The van der Waals surface area contributed by atoms with Gasteiger partial charge in [0, 0.05) is 16.6 Å². The lowest BCUT2D eigenvalue weighted by molar-refractivity contribution is 0.102. The highest BCUT2D eigenvalue weighted by atomic mass is 16.1. The van der Waals surface area contributed by atoms with Crippen molar-refractivity contribution in [3.63, 3.8) is 0 Å². The van der Waals surface area contributed by atoms with E-state index in [2.05, 4.69) is 61.4 Å². The predicted molar refractivity (Wildman–Crippen MR) is 101 cm³/mol. The number of rotatable bonds is 4. The number of fused-ring (bicyclic) bond motifs is 1. The molecule has 3 rings (SSSR count). The first-order chi connectivity index (χ1) is 11.5. The first-order valence-corrected chi connectivity index (χ1v) is 8.56. The number of amides is 1. The Hall–Kier alpha value is -2.55. The molecule has 2 N–H and O–H groups in total. The van der Waals surface area contributed by atoms with Crippen LogP contribution < -0.4 is 5.32 Å². The molecule has 124 valence electrons. The summed E-state index contributed by atoms with van der Waals surface area (Å²) in [5, 5.41) is 4.25. The van der Waals surface area contributed by atoms with Crippen molar-refractivity contribution in [1.29, 1.82) is 0 Å². The first kappa shape index (κ1) is 16.3. The number of aromatic amines is 1. The summed E-state index contributed by atoms with van der Waals surface area (Å²) in [5.41, 5.74) is 7.15. The fourth-order valence-electron chi connectivity index (χ4n) is 3.25. The van der Waals surface area contributed by atoms with E-state index in [0.29, 0.717) is 5.69 Å². The molecule has 0 atom stereocenters. The summed E-state index contributed by atoms with van der Waals surface area (Å²) in [6.45, 7) is 8.29. The van der Waals surface area contributed by atoms with Crippen LogP contribution in [0.2, 0.25) is 0 Å². The minimum Gasteiger partial charge on any atom is -0.350 e. The number of H-pyrrole nitrogens is 1. The van der Waals surface area contributed by atoms with E-state index in [0.717, 1.165) is 35.0 Å². The van der Waals surface area contributed by atoms with Crippen molar-refractivity contribution in [2.24, 2.45) is 0 Å². The number of carbonyl (C=O) groups excluding carboxylic acids is 1. The molecule has 3 nitrogen and oxygen atoms in total.